The van der Waals surface area contributed by atoms with Crippen LogP contribution in [0.15, 0.2) is 6.07 Å². The van der Waals surface area contributed by atoms with Crippen molar-refractivity contribution in [3.8, 4) is 0 Å². The van der Waals surface area contributed by atoms with Crippen molar-refractivity contribution in [2.45, 2.75) is 6.92 Å². The Morgan fingerprint density at radius 2 is 2.25 bits per heavy atom. The summed E-state index contributed by atoms with van der Waals surface area (Å²) < 4.78 is 0. The zero-order valence-corrected chi connectivity index (χ0v) is 7.22. The molecule has 4 nitrogen and oxygen atoms in total. The molecule has 0 atom stereocenters. The van der Waals surface area contributed by atoms with Crippen molar-refractivity contribution in [1.82, 2.24) is 4.98 Å². The molecule has 0 saturated heterocycles. The van der Waals surface area contributed by atoms with Gasteiger partial charge in [0.2, 0.25) is 0 Å². The van der Waals surface area contributed by atoms with Crippen LogP contribution in [0.5, 0.6) is 0 Å². The molecule has 0 aliphatic heterocycles. The quantitative estimate of drug-likeness (QED) is 0.677. The average Bonchev–Trinajstić information content (AvgIpc) is 1.96. The molecule has 0 radical (unpaired) electrons. The van der Waals surface area contributed by atoms with Crippen LogP contribution in [0, 0.1) is 6.92 Å². The first-order chi connectivity index (χ1) is 5.52. The van der Waals surface area contributed by atoms with Gasteiger partial charge in [0.1, 0.15) is 11.5 Å². The van der Waals surface area contributed by atoms with E-state index in [1.54, 1.807) is 13.0 Å². The van der Waals surface area contributed by atoms with Crippen LogP contribution < -0.4 is 11.5 Å². The summed E-state index contributed by atoms with van der Waals surface area (Å²) in [6.45, 7) is 1.75. The molecule has 4 N–H and O–H groups in total. The molecule has 0 aliphatic carbocycles. The molecule has 0 fully saturated rings. The van der Waals surface area contributed by atoms with E-state index in [0.29, 0.717) is 0 Å². The fourth-order valence-electron chi connectivity index (χ4n) is 0.767. The molecule has 64 valence electrons. The van der Waals surface area contributed by atoms with Gasteiger partial charge >= 0.3 is 0 Å². The average molecular weight is 186 g/mol. The number of halogens is 1. The van der Waals surface area contributed by atoms with Crippen molar-refractivity contribution < 1.29 is 4.79 Å². The number of pyridine rings is 1. The first kappa shape index (κ1) is 8.80. The third-order valence-corrected chi connectivity index (χ3v) is 1.73. The van der Waals surface area contributed by atoms with Gasteiger partial charge < -0.3 is 11.5 Å². The largest absolute Gasteiger partial charge is 0.383 e. The number of nitrogen functional groups attached to an aromatic ring is 1. The van der Waals surface area contributed by atoms with Gasteiger partial charge in [0.05, 0.1) is 5.02 Å². The van der Waals surface area contributed by atoms with Crippen LogP contribution in [0.1, 0.15) is 16.1 Å². The van der Waals surface area contributed by atoms with E-state index in [2.05, 4.69) is 4.98 Å². The Morgan fingerprint density at radius 1 is 1.67 bits per heavy atom. The number of hydrogen-bond donors (Lipinski definition) is 2. The second-order valence-electron chi connectivity index (χ2n) is 2.39. The van der Waals surface area contributed by atoms with E-state index >= 15 is 0 Å². The second kappa shape index (κ2) is 2.98. The predicted molar refractivity (Wildman–Crippen MR) is 46.9 cm³/mol. The molecule has 0 aromatic carbocycles. The SMILES string of the molecule is Cc1cc(Cl)c(C(N)=O)nc1N. The third-order valence-electron chi connectivity index (χ3n) is 1.44. The maximum atomic E-state index is 10.7. The summed E-state index contributed by atoms with van der Waals surface area (Å²) in [5.74, 6) is -0.403. The van der Waals surface area contributed by atoms with Crippen LogP contribution in [0.4, 0.5) is 5.82 Å². The Labute approximate surface area is 74.5 Å². The molecular weight excluding hydrogens is 178 g/mol. The first-order valence-electron chi connectivity index (χ1n) is 3.25. The third kappa shape index (κ3) is 1.48. The van der Waals surface area contributed by atoms with Crippen molar-refractivity contribution in [1.29, 1.82) is 0 Å². The lowest BCUT2D eigenvalue weighted by atomic mass is 10.2. The minimum absolute atomic E-state index is 0.0137. The number of rotatable bonds is 1. The van der Waals surface area contributed by atoms with Gasteiger partial charge in [0, 0.05) is 0 Å². The van der Waals surface area contributed by atoms with E-state index in [1.165, 1.54) is 0 Å². The number of hydrogen-bond acceptors (Lipinski definition) is 3. The van der Waals surface area contributed by atoms with Gasteiger partial charge in [-0.3, -0.25) is 4.79 Å². The molecular formula is C7H8ClN3O. The van der Waals surface area contributed by atoms with E-state index in [9.17, 15) is 4.79 Å². The highest BCUT2D eigenvalue weighted by atomic mass is 35.5. The maximum absolute atomic E-state index is 10.7. The van der Waals surface area contributed by atoms with Crippen molar-refractivity contribution in [2.75, 3.05) is 5.73 Å². The Bertz CT molecular complexity index is 338. The van der Waals surface area contributed by atoms with E-state index in [1.807, 2.05) is 0 Å². The number of nitrogens with two attached hydrogens (primary N) is 2. The zero-order valence-electron chi connectivity index (χ0n) is 6.47. The van der Waals surface area contributed by atoms with Gasteiger partial charge in [-0.2, -0.15) is 0 Å². The highest BCUT2D eigenvalue weighted by molar-refractivity contribution is 6.33. The van der Waals surface area contributed by atoms with Gasteiger partial charge in [0.25, 0.3) is 5.91 Å². The van der Waals surface area contributed by atoms with Crippen LogP contribution in [0.2, 0.25) is 5.02 Å². The lowest BCUT2D eigenvalue weighted by Crippen LogP contribution is -2.15. The number of primary amides is 1. The number of aromatic nitrogens is 1. The highest BCUT2D eigenvalue weighted by Crippen LogP contribution is 2.18. The van der Waals surface area contributed by atoms with Crippen LogP contribution in [0.3, 0.4) is 0 Å². The summed E-state index contributed by atoms with van der Waals surface area (Å²) in [7, 11) is 0. The molecule has 0 spiro atoms. The number of anilines is 1. The van der Waals surface area contributed by atoms with Gasteiger partial charge in [-0.05, 0) is 18.6 Å². The van der Waals surface area contributed by atoms with Gasteiger partial charge in [0.15, 0.2) is 0 Å². The molecule has 1 aromatic heterocycles. The standard InChI is InChI=1S/C7H8ClN3O/c1-3-2-4(8)5(7(10)12)11-6(3)9/h2H,1H3,(H2,9,11)(H2,10,12). The smallest absolute Gasteiger partial charge is 0.268 e. The minimum atomic E-state index is -0.674. The number of nitrogens with zero attached hydrogens (tertiary/aromatic N) is 1. The fourth-order valence-corrected chi connectivity index (χ4v) is 1.07. The van der Waals surface area contributed by atoms with Crippen LogP contribution in [0.25, 0.3) is 0 Å². The topological polar surface area (TPSA) is 82.0 Å². The number of aryl methyl sites for hydroxylation is 1. The molecule has 0 saturated carbocycles. The van der Waals surface area contributed by atoms with Crippen LogP contribution >= 0.6 is 11.6 Å². The van der Waals surface area contributed by atoms with Crippen LogP contribution in [-0.4, -0.2) is 10.9 Å². The monoisotopic (exact) mass is 185 g/mol. The van der Waals surface area contributed by atoms with E-state index < -0.39 is 5.91 Å². The predicted octanol–water partition coefficient (Wildman–Crippen LogP) is 0.725. The summed E-state index contributed by atoms with van der Waals surface area (Å²) in [6, 6.07) is 1.56. The number of carbonyl (C=O) groups excluding carboxylic acids is 1. The van der Waals surface area contributed by atoms with Crippen molar-refractivity contribution in [2.24, 2.45) is 5.73 Å². The van der Waals surface area contributed by atoms with Crippen molar-refractivity contribution in [3.05, 3.63) is 22.3 Å². The van der Waals surface area contributed by atoms with Crippen molar-refractivity contribution in [3.63, 3.8) is 0 Å². The zero-order chi connectivity index (χ0) is 9.30. The normalized spacial score (nSPS) is 9.83. The number of carbonyl (C=O) groups is 1. The van der Waals surface area contributed by atoms with Gasteiger partial charge in [-0.15, -0.1) is 0 Å². The molecule has 0 bridgehead atoms. The summed E-state index contributed by atoms with van der Waals surface area (Å²) in [5, 5.41) is 0.231. The Kier molecular flexibility index (Phi) is 2.19. The van der Waals surface area contributed by atoms with E-state index in [4.69, 9.17) is 23.1 Å². The van der Waals surface area contributed by atoms with E-state index in [-0.39, 0.29) is 16.5 Å². The summed E-state index contributed by atoms with van der Waals surface area (Å²) in [6.07, 6.45) is 0. The lowest BCUT2D eigenvalue weighted by molar-refractivity contribution is 0.0996. The number of amides is 1. The molecule has 5 heteroatoms. The van der Waals surface area contributed by atoms with Crippen LogP contribution in [-0.2, 0) is 0 Å². The summed E-state index contributed by atoms with van der Waals surface area (Å²) in [5.41, 5.74) is 11.2. The second-order valence-corrected chi connectivity index (χ2v) is 2.79. The molecule has 1 amide bonds. The minimum Gasteiger partial charge on any atom is -0.383 e. The van der Waals surface area contributed by atoms with E-state index in [0.717, 1.165) is 5.56 Å². The lowest BCUT2D eigenvalue weighted by Gasteiger charge is -2.02. The fraction of sp³-hybridized carbons (Fsp3) is 0.143. The highest BCUT2D eigenvalue weighted by Gasteiger charge is 2.10. The van der Waals surface area contributed by atoms with Crippen molar-refractivity contribution >= 4 is 23.3 Å². The first-order valence-corrected chi connectivity index (χ1v) is 3.62. The molecule has 0 aliphatic rings. The molecule has 0 unspecified atom stereocenters. The Balaban J connectivity index is 3.33. The van der Waals surface area contributed by atoms with Gasteiger partial charge in [-0.25, -0.2) is 4.98 Å². The summed E-state index contributed by atoms with van der Waals surface area (Å²) in [4.78, 5) is 14.4. The molecule has 12 heavy (non-hydrogen) atoms. The molecule has 1 aromatic rings. The Hall–Kier alpha value is -1.29. The molecule has 1 heterocycles. The van der Waals surface area contributed by atoms with Gasteiger partial charge in [-0.1, -0.05) is 11.6 Å². The maximum Gasteiger partial charge on any atom is 0.268 e. The molecule has 1 rings (SSSR count). The summed E-state index contributed by atoms with van der Waals surface area (Å²) >= 11 is 5.68. The Morgan fingerprint density at radius 3 is 2.75 bits per heavy atom.